The second kappa shape index (κ2) is 7.89. The molecule has 2 rings (SSSR count). The summed E-state index contributed by atoms with van der Waals surface area (Å²) in [6, 6.07) is 9.70. The predicted octanol–water partition coefficient (Wildman–Crippen LogP) is 1.22. The molecule has 0 aliphatic heterocycles. The second-order valence-corrected chi connectivity index (χ2v) is 4.40. The maximum Gasteiger partial charge on any atom is 0.323 e. The third-order valence-electron chi connectivity index (χ3n) is 3.03. The van der Waals surface area contributed by atoms with Gasteiger partial charge >= 0.3 is 5.97 Å². The van der Waals surface area contributed by atoms with Gasteiger partial charge in [-0.1, -0.05) is 18.2 Å². The number of hydrogen-bond acceptors (Lipinski definition) is 4. The lowest BCUT2D eigenvalue weighted by molar-refractivity contribution is -0.143. The van der Waals surface area contributed by atoms with Crippen molar-refractivity contribution in [2.45, 2.75) is 12.5 Å². The largest absolute Gasteiger partial charge is 0.468 e. The number of hydrogen-bond donors (Lipinski definition) is 3. The van der Waals surface area contributed by atoms with Crippen LogP contribution in [0, 0.1) is 0 Å². The van der Waals surface area contributed by atoms with E-state index in [-0.39, 0.29) is 24.4 Å². The van der Waals surface area contributed by atoms with Crippen molar-refractivity contribution in [1.29, 1.82) is 0 Å². The fraction of sp³-hybridized carbons (Fsp3) is 0.357. The number of nitrogens with two attached hydrogens (primary N) is 1. The molecule has 0 bridgehead atoms. The minimum Gasteiger partial charge on any atom is -0.468 e. The number of halogens is 1. The second-order valence-electron chi connectivity index (χ2n) is 4.40. The van der Waals surface area contributed by atoms with Gasteiger partial charge in [0.2, 0.25) is 0 Å². The molecular weight excluding hydrogens is 278 g/mol. The van der Waals surface area contributed by atoms with Gasteiger partial charge in [0, 0.05) is 30.7 Å². The number of para-hydroxylation sites is 1. The number of H-pyrrole nitrogens is 1. The van der Waals surface area contributed by atoms with Crippen molar-refractivity contribution in [2.24, 2.45) is 5.73 Å². The molecular formula is C14H20ClN3O2. The first-order valence-electron chi connectivity index (χ1n) is 6.32. The average Bonchev–Trinajstić information content (AvgIpc) is 2.84. The molecule has 6 heteroatoms. The van der Waals surface area contributed by atoms with Gasteiger partial charge in [0.15, 0.2) is 0 Å². The standard InChI is InChI=1S/C14H19N3O2.ClH/c1-19-14(18)13(16-7-6-15)9-11-8-10-4-2-3-5-12(10)17-11;/h2-5,8,13,16-17H,6-7,9,15H2,1H3;1H. The number of ether oxygens (including phenoxy) is 1. The molecule has 1 aromatic heterocycles. The molecule has 0 radical (unpaired) electrons. The third-order valence-corrected chi connectivity index (χ3v) is 3.03. The summed E-state index contributed by atoms with van der Waals surface area (Å²) in [4.78, 5) is 15.0. The number of methoxy groups -OCH3 is 1. The Morgan fingerprint density at radius 3 is 2.85 bits per heavy atom. The Bertz CT molecular complexity index is 523. The van der Waals surface area contributed by atoms with Crippen molar-refractivity contribution in [1.82, 2.24) is 10.3 Å². The Morgan fingerprint density at radius 1 is 1.45 bits per heavy atom. The topological polar surface area (TPSA) is 80.1 Å². The van der Waals surface area contributed by atoms with Gasteiger partial charge in [-0.05, 0) is 17.5 Å². The summed E-state index contributed by atoms with van der Waals surface area (Å²) in [6.07, 6.45) is 0.557. The summed E-state index contributed by atoms with van der Waals surface area (Å²) in [5.41, 5.74) is 7.52. The molecule has 0 aliphatic rings. The van der Waals surface area contributed by atoms with E-state index < -0.39 is 0 Å². The van der Waals surface area contributed by atoms with Crippen LogP contribution in [0.3, 0.4) is 0 Å². The third kappa shape index (κ3) is 3.96. The number of esters is 1. The lowest BCUT2D eigenvalue weighted by atomic mass is 10.1. The molecule has 1 aromatic carbocycles. The molecule has 4 N–H and O–H groups in total. The van der Waals surface area contributed by atoms with Gasteiger partial charge in [0.1, 0.15) is 6.04 Å². The van der Waals surface area contributed by atoms with Crippen molar-refractivity contribution in [3.05, 3.63) is 36.0 Å². The van der Waals surface area contributed by atoms with Crippen molar-refractivity contribution >= 4 is 29.3 Å². The highest BCUT2D eigenvalue weighted by Crippen LogP contribution is 2.15. The molecule has 1 atom stereocenters. The van der Waals surface area contributed by atoms with Gasteiger partial charge in [-0.25, -0.2) is 0 Å². The Morgan fingerprint density at radius 2 is 2.20 bits per heavy atom. The van der Waals surface area contributed by atoms with E-state index in [0.717, 1.165) is 16.6 Å². The molecule has 0 fully saturated rings. The Labute approximate surface area is 124 Å². The number of aromatic nitrogens is 1. The number of benzene rings is 1. The van der Waals surface area contributed by atoms with E-state index in [1.54, 1.807) is 0 Å². The molecule has 110 valence electrons. The van der Waals surface area contributed by atoms with Crippen LogP contribution in [-0.4, -0.2) is 37.2 Å². The summed E-state index contributed by atoms with van der Waals surface area (Å²) >= 11 is 0. The van der Waals surface area contributed by atoms with Crippen LogP contribution < -0.4 is 11.1 Å². The van der Waals surface area contributed by atoms with E-state index in [9.17, 15) is 4.79 Å². The first kappa shape index (κ1) is 16.5. The normalized spacial score (nSPS) is 11.9. The van der Waals surface area contributed by atoms with Gasteiger partial charge in [-0.15, -0.1) is 12.4 Å². The molecule has 20 heavy (non-hydrogen) atoms. The molecule has 0 amide bonds. The van der Waals surface area contributed by atoms with Crippen LogP contribution in [0.5, 0.6) is 0 Å². The van der Waals surface area contributed by atoms with Crippen molar-refractivity contribution in [3.8, 4) is 0 Å². The molecule has 0 saturated carbocycles. The highest BCUT2D eigenvalue weighted by Gasteiger charge is 2.19. The van der Waals surface area contributed by atoms with Gasteiger partial charge in [-0.3, -0.25) is 4.79 Å². The monoisotopic (exact) mass is 297 g/mol. The van der Waals surface area contributed by atoms with Crippen LogP contribution in [0.4, 0.5) is 0 Å². The number of fused-ring (bicyclic) bond motifs is 1. The van der Waals surface area contributed by atoms with Crippen molar-refractivity contribution in [3.63, 3.8) is 0 Å². The lowest BCUT2D eigenvalue weighted by Crippen LogP contribution is -2.41. The van der Waals surface area contributed by atoms with E-state index in [0.29, 0.717) is 19.5 Å². The number of carbonyl (C=O) groups is 1. The zero-order chi connectivity index (χ0) is 13.7. The van der Waals surface area contributed by atoms with Gasteiger partial charge in [0.25, 0.3) is 0 Å². The number of nitrogens with one attached hydrogen (secondary N) is 2. The Kier molecular flexibility index (Phi) is 6.51. The average molecular weight is 298 g/mol. The van der Waals surface area contributed by atoms with Gasteiger partial charge < -0.3 is 20.8 Å². The predicted molar refractivity (Wildman–Crippen MR) is 82.1 cm³/mol. The molecule has 0 spiro atoms. The molecule has 2 aromatic rings. The SMILES string of the molecule is COC(=O)C(Cc1cc2ccccc2[nH]1)NCCN.Cl. The zero-order valence-corrected chi connectivity index (χ0v) is 12.2. The zero-order valence-electron chi connectivity index (χ0n) is 11.4. The summed E-state index contributed by atoms with van der Waals surface area (Å²) in [6.45, 7) is 1.07. The van der Waals surface area contributed by atoms with Crippen molar-refractivity contribution < 1.29 is 9.53 Å². The Balaban J connectivity index is 0.00000200. The quantitative estimate of drug-likeness (QED) is 0.701. The minimum atomic E-state index is -0.374. The first-order valence-corrected chi connectivity index (χ1v) is 6.32. The van der Waals surface area contributed by atoms with E-state index in [2.05, 4.69) is 16.4 Å². The molecule has 1 heterocycles. The summed E-state index contributed by atoms with van der Waals surface area (Å²) in [5.74, 6) is -0.271. The fourth-order valence-electron chi connectivity index (χ4n) is 2.10. The molecule has 1 unspecified atom stereocenters. The fourth-order valence-corrected chi connectivity index (χ4v) is 2.10. The van der Waals surface area contributed by atoms with Gasteiger partial charge in [-0.2, -0.15) is 0 Å². The lowest BCUT2D eigenvalue weighted by Gasteiger charge is -2.15. The first-order chi connectivity index (χ1) is 9.24. The van der Waals surface area contributed by atoms with E-state index >= 15 is 0 Å². The summed E-state index contributed by atoms with van der Waals surface area (Å²) in [7, 11) is 1.39. The van der Waals surface area contributed by atoms with Crippen LogP contribution >= 0.6 is 12.4 Å². The maximum atomic E-state index is 11.7. The van der Waals surface area contributed by atoms with E-state index in [1.165, 1.54) is 7.11 Å². The maximum absolute atomic E-state index is 11.7. The highest BCUT2D eigenvalue weighted by atomic mass is 35.5. The molecule has 0 aliphatic carbocycles. The van der Waals surface area contributed by atoms with Crippen molar-refractivity contribution in [2.75, 3.05) is 20.2 Å². The van der Waals surface area contributed by atoms with Crippen LogP contribution in [0.25, 0.3) is 10.9 Å². The minimum absolute atomic E-state index is 0. The Hall–Kier alpha value is -1.56. The van der Waals surface area contributed by atoms with E-state index in [1.807, 2.05) is 24.3 Å². The number of carbonyl (C=O) groups excluding carboxylic acids is 1. The van der Waals surface area contributed by atoms with Gasteiger partial charge in [0.05, 0.1) is 7.11 Å². The molecule has 5 nitrogen and oxygen atoms in total. The van der Waals surface area contributed by atoms with Crippen LogP contribution in [0.1, 0.15) is 5.69 Å². The molecule has 0 saturated heterocycles. The van der Waals surface area contributed by atoms with Crippen LogP contribution in [-0.2, 0) is 16.0 Å². The summed E-state index contributed by atoms with van der Waals surface area (Å²) < 4.78 is 4.80. The summed E-state index contributed by atoms with van der Waals surface area (Å²) in [5, 5.41) is 4.23. The van der Waals surface area contributed by atoms with Crippen LogP contribution in [0.15, 0.2) is 30.3 Å². The highest BCUT2D eigenvalue weighted by molar-refractivity contribution is 5.85. The number of aromatic amines is 1. The number of rotatable bonds is 6. The van der Waals surface area contributed by atoms with Crippen LogP contribution in [0.2, 0.25) is 0 Å². The smallest absolute Gasteiger partial charge is 0.323 e. The van der Waals surface area contributed by atoms with E-state index in [4.69, 9.17) is 10.5 Å².